The number of fused-ring (bicyclic) bond motifs is 4. The largest absolute Gasteiger partial charge is 0.504 e. The van der Waals surface area contributed by atoms with E-state index < -0.39 is 63.0 Å². The molecule has 224 valence electrons. The molecule has 0 aromatic heterocycles. The number of likely N-dealkylation sites (tertiary alicyclic amines) is 1. The van der Waals surface area contributed by atoms with E-state index in [1.165, 1.54) is 30.3 Å². The molecule has 2 aromatic rings. The third-order valence-corrected chi connectivity index (χ3v) is 10.9. The van der Waals surface area contributed by atoms with E-state index in [1.54, 1.807) is 25.1 Å². The molecular formula is C30H25BrCl2N2O8. The Morgan fingerprint density at radius 1 is 1.07 bits per heavy atom. The summed E-state index contributed by atoms with van der Waals surface area (Å²) in [5, 5.41) is 19.9. The number of anilines is 1. The zero-order valence-corrected chi connectivity index (χ0v) is 25.7. The lowest BCUT2D eigenvalue weighted by Crippen LogP contribution is -2.60. The number of aromatic hydroxyl groups is 1. The van der Waals surface area contributed by atoms with Crippen LogP contribution in [0, 0.1) is 17.8 Å². The number of carboxylic acids is 1. The van der Waals surface area contributed by atoms with Gasteiger partial charge in [-0.05, 0) is 61.6 Å². The summed E-state index contributed by atoms with van der Waals surface area (Å²) in [7, 11) is 0. The summed E-state index contributed by atoms with van der Waals surface area (Å²) in [5.41, 5.74) is 0.916. The Balaban J connectivity index is 1.51. The molecule has 2 saturated heterocycles. The third kappa shape index (κ3) is 4.00. The van der Waals surface area contributed by atoms with Gasteiger partial charge >= 0.3 is 5.97 Å². The number of carboxylic acid groups (broad SMARTS) is 1. The van der Waals surface area contributed by atoms with Crippen LogP contribution in [0.1, 0.15) is 41.6 Å². The minimum atomic E-state index is -1.99. The number of allylic oxidation sites excluding steroid dienone is 2. The van der Waals surface area contributed by atoms with Gasteiger partial charge in [0.2, 0.25) is 11.8 Å². The quantitative estimate of drug-likeness (QED) is 0.197. The van der Waals surface area contributed by atoms with Crippen molar-refractivity contribution in [2.75, 3.05) is 17.0 Å². The number of amides is 4. The number of phenolic OH excluding ortho intramolecular Hbond substituents is 1. The molecule has 6 rings (SSSR count). The van der Waals surface area contributed by atoms with Gasteiger partial charge in [-0.15, -0.1) is 23.2 Å². The van der Waals surface area contributed by atoms with Crippen LogP contribution < -0.4 is 9.64 Å². The smallest absolute Gasteiger partial charge is 0.335 e. The van der Waals surface area contributed by atoms with E-state index in [2.05, 4.69) is 15.9 Å². The van der Waals surface area contributed by atoms with Crippen LogP contribution in [0.25, 0.3) is 0 Å². The predicted molar refractivity (Wildman–Crippen MR) is 159 cm³/mol. The van der Waals surface area contributed by atoms with Crippen molar-refractivity contribution in [3.8, 4) is 11.5 Å². The summed E-state index contributed by atoms with van der Waals surface area (Å²) in [4.78, 5) is 65.0. The highest BCUT2D eigenvalue weighted by atomic mass is 79.9. The molecule has 2 heterocycles. The lowest BCUT2D eigenvalue weighted by Gasteiger charge is -2.50. The monoisotopic (exact) mass is 690 g/mol. The van der Waals surface area contributed by atoms with Gasteiger partial charge in [0.25, 0.3) is 11.8 Å². The molecule has 3 fully saturated rings. The minimum absolute atomic E-state index is 0.0847. The average Bonchev–Trinajstić information content (AvgIpc) is 3.32. The Morgan fingerprint density at radius 2 is 1.81 bits per heavy atom. The van der Waals surface area contributed by atoms with Crippen molar-refractivity contribution < 1.29 is 38.9 Å². The van der Waals surface area contributed by atoms with Crippen molar-refractivity contribution in [1.82, 2.24) is 4.90 Å². The number of alkyl halides is 3. The first-order valence-corrected chi connectivity index (χ1v) is 15.4. The Hall–Kier alpha value is -3.41. The van der Waals surface area contributed by atoms with Crippen molar-refractivity contribution in [2.45, 2.75) is 35.4 Å². The molecule has 2 N–H and O–H groups in total. The van der Waals surface area contributed by atoms with Gasteiger partial charge in [-0.3, -0.25) is 29.0 Å². The second-order valence-electron chi connectivity index (χ2n) is 11.0. The SMILES string of the molecule is CCOc1cc(C2C3=CCC4C(=O)N(c5cccc(C(=O)O)c5)C(=O)C4C3CC3(Cl)C(=O)N(CBr)C(=O)C23Cl)ccc1O. The second-order valence-corrected chi connectivity index (χ2v) is 12.8. The van der Waals surface area contributed by atoms with Crippen LogP contribution in [0.3, 0.4) is 0 Å². The Bertz CT molecular complexity index is 1650. The Morgan fingerprint density at radius 3 is 2.49 bits per heavy atom. The summed E-state index contributed by atoms with van der Waals surface area (Å²) < 4.78 is 5.59. The maximum atomic E-state index is 14.1. The standard InChI is InChI=1S/C30H25BrCl2N2O8/c1-2-43-21-11-14(6-9-20(21)36)23-17-7-8-18-22(19(17)12-29(32)27(41)34(13-31)28(42)30(23,29)33)25(38)35(24(18)37)16-5-3-4-15(10-16)26(39)40/h3-7,9-11,18-19,22-23,36H,2,8,12-13H2,1H3,(H,39,40). The Labute approximate surface area is 264 Å². The van der Waals surface area contributed by atoms with E-state index in [4.69, 9.17) is 27.9 Å². The van der Waals surface area contributed by atoms with Crippen molar-refractivity contribution in [3.05, 3.63) is 65.2 Å². The molecule has 13 heteroatoms. The first kappa shape index (κ1) is 29.7. The van der Waals surface area contributed by atoms with E-state index >= 15 is 0 Å². The minimum Gasteiger partial charge on any atom is -0.504 e. The molecule has 2 aromatic carbocycles. The molecule has 0 bridgehead atoms. The van der Waals surface area contributed by atoms with Crippen LogP contribution in [-0.2, 0) is 19.2 Å². The summed E-state index contributed by atoms with van der Waals surface area (Å²) >= 11 is 17.6. The summed E-state index contributed by atoms with van der Waals surface area (Å²) in [6, 6.07) is 10.1. The number of carbonyl (C=O) groups is 5. The molecule has 6 unspecified atom stereocenters. The summed E-state index contributed by atoms with van der Waals surface area (Å²) in [6.07, 6.45) is 1.75. The van der Waals surface area contributed by atoms with Crippen molar-refractivity contribution in [3.63, 3.8) is 0 Å². The summed E-state index contributed by atoms with van der Waals surface area (Å²) in [6.45, 7) is 1.99. The fourth-order valence-corrected chi connectivity index (χ4v) is 8.57. The molecular weight excluding hydrogens is 667 g/mol. The highest BCUT2D eigenvalue weighted by molar-refractivity contribution is 9.09. The van der Waals surface area contributed by atoms with Gasteiger partial charge in [0.15, 0.2) is 21.2 Å². The van der Waals surface area contributed by atoms with Crippen LogP contribution in [-0.4, -0.2) is 66.5 Å². The molecule has 0 spiro atoms. The van der Waals surface area contributed by atoms with E-state index in [-0.39, 0.29) is 47.7 Å². The van der Waals surface area contributed by atoms with E-state index in [0.717, 1.165) is 9.80 Å². The number of imide groups is 2. The van der Waals surface area contributed by atoms with Gasteiger partial charge in [0, 0.05) is 5.92 Å². The number of ether oxygens (including phenoxy) is 1. The molecule has 10 nitrogen and oxygen atoms in total. The number of carbonyl (C=O) groups excluding carboxylic acids is 4. The van der Waals surface area contributed by atoms with E-state index in [1.807, 2.05) is 0 Å². The number of benzene rings is 2. The lowest BCUT2D eigenvalue weighted by molar-refractivity contribution is -0.138. The Kier molecular flexibility index (Phi) is 7.14. The van der Waals surface area contributed by atoms with Crippen LogP contribution in [0.15, 0.2) is 54.1 Å². The van der Waals surface area contributed by atoms with Gasteiger partial charge in [0.05, 0.1) is 35.1 Å². The highest BCUT2D eigenvalue weighted by Crippen LogP contribution is 2.65. The van der Waals surface area contributed by atoms with Crippen LogP contribution in [0.5, 0.6) is 11.5 Å². The molecule has 6 atom stereocenters. The van der Waals surface area contributed by atoms with Gasteiger partial charge in [-0.2, -0.15) is 0 Å². The normalized spacial score (nSPS) is 31.5. The number of rotatable bonds is 6. The molecule has 4 aliphatic rings. The highest BCUT2D eigenvalue weighted by Gasteiger charge is 2.76. The number of hydrogen-bond donors (Lipinski definition) is 2. The molecule has 4 amide bonds. The molecule has 43 heavy (non-hydrogen) atoms. The molecule has 2 aliphatic heterocycles. The fraction of sp³-hybridized carbons (Fsp3) is 0.367. The predicted octanol–water partition coefficient (Wildman–Crippen LogP) is 4.40. The van der Waals surface area contributed by atoms with Crippen molar-refractivity contribution >= 4 is 74.4 Å². The maximum absolute atomic E-state index is 14.1. The zero-order valence-electron chi connectivity index (χ0n) is 22.6. The average molecular weight is 692 g/mol. The van der Waals surface area contributed by atoms with Crippen LogP contribution >= 0.6 is 39.1 Å². The summed E-state index contributed by atoms with van der Waals surface area (Å²) in [5.74, 6) is -7.17. The number of nitrogens with zero attached hydrogens (tertiary/aromatic N) is 2. The molecule has 0 radical (unpaired) electrons. The topological polar surface area (TPSA) is 142 Å². The number of halogens is 3. The second kappa shape index (κ2) is 10.3. The zero-order chi connectivity index (χ0) is 31.0. The number of aromatic carboxylic acids is 1. The maximum Gasteiger partial charge on any atom is 0.335 e. The molecule has 2 aliphatic carbocycles. The first-order valence-electron chi connectivity index (χ1n) is 13.6. The van der Waals surface area contributed by atoms with Gasteiger partial charge < -0.3 is 14.9 Å². The van der Waals surface area contributed by atoms with Gasteiger partial charge in [-0.25, -0.2) is 4.79 Å². The molecule has 1 saturated carbocycles. The number of phenols is 1. The van der Waals surface area contributed by atoms with Crippen molar-refractivity contribution in [2.24, 2.45) is 17.8 Å². The van der Waals surface area contributed by atoms with E-state index in [0.29, 0.717) is 11.1 Å². The number of hydrogen-bond acceptors (Lipinski definition) is 7. The van der Waals surface area contributed by atoms with Gasteiger partial charge in [0.1, 0.15) is 0 Å². The van der Waals surface area contributed by atoms with Crippen LogP contribution in [0.4, 0.5) is 5.69 Å². The van der Waals surface area contributed by atoms with Crippen LogP contribution in [0.2, 0.25) is 0 Å². The van der Waals surface area contributed by atoms with E-state index in [9.17, 15) is 34.2 Å². The lowest BCUT2D eigenvalue weighted by atomic mass is 9.56. The third-order valence-electron chi connectivity index (χ3n) is 8.98. The van der Waals surface area contributed by atoms with Gasteiger partial charge in [-0.1, -0.05) is 39.7 Å². The fourth-order valence-electron chi connectivity index (χ4n) is 7.14. The first-order chi connectivity index (χ1) is 20.4. The van der Waals surface area contributed by atoms with Crippen molar-refractivity contribution in [1.29, 1.82) is 0 Å².